The lowest BCUT2D eigenvalue weighted by Crippen LogP contribution is -2.41. The number of benzene rings is 1. The third-order valence-electron chi connectivity index (χ3n) is 8.07. The molecule has 36 heavy (non-hydrogen) atoms. The highest BCUT2D eigenvalue weighted by atomic mass is 32.1. The number of hydrogen-bond acceptors (Lipinski definition) is 4. The minimum absolute atomic E-state index is 0.131. The molecular weight excluding hydrogens is 466 g/mol. The molecule has 0 aliphatic carbocycles. The van der Waals surface area contributed by atoms with Crippen molar-refractivity contribution < 1.29 is 9.59 Å². The van der Waals surface area contributed by atoms with E-state index in [0.717, 1.165) is 64.7 Å². The lowest BCUT2D eigenvalue weighted by molar-refractivity contribution is -0.137. The van der Waals surface area contributed by atoms with Crippen LogP contribution in [0.5, 0.6) is 0 Å². The molecule has 3 heterocycles. The van der Waals surface area contributed by atoms with Crippen molar-refractivity contribution in [3.05, 3.63) is 57.3 Å². The van der Waals surface area contributed by atoms with E-state index in [1.54, 1.807) is 0 Å². The van der Waals surface area contributed by atoms with Crippen LogP contribution in [0.4, 0.5) is 0 Å². The van der Waals surface area contributed by atoms with Crippen LogP contribution in [-0.4, -0.2) is 65.8 Å². The fraction of sp³-hybridized carbons (Fsp3) is 0.600. The summed E-state index contributed by atoms with van der Waals surface area (Å²) in [6.07, 6.45) is 6.58. The van der Waals surface area contributed by atoms with E-state index < -0.39 is 0 Å². The van der Waals surface area contributed by atoms with Crippen molar-refractivity contribution in [1.82, 2.24) is 14.7 Å². The maximum absolute atomic E-state index is 13.3. The number of carbonyl (C=O) groups is 2. The van der Waals surface area contributed by atoms with Gasteiger partial charge in [-0.2, -0.15) is 0 Å². The molecule has 1 aromatic carbocycles. The van der Waals surface area contributed by atoms with Gasteiger partial charge in [0.2, 0.25) is 11.8 Å². The van der Waals surface area contributed by atoms with Crippen molar-refractivity contribution in [2.45, 2.75) is 71.8 Å². The van der Waals surface area contributed by atoms with Gasteiger partial charge in [0.25, 0.3) is 0 Å². The molecule has 1 saturated heterocycles. The molecule has 6 heteroatoms. The Hall–Kier alpha value is -2.18. The van der Waals surface area contributed by atoms with Gasteiger partial charge >= 0.3 is 0 Å². The van der Waals surface area contributed by atoms with E-state index >= 15 is 0 Å². The SMILES string of the molecule is CCCC[C@H](CC)C(=O)N1CCCN(C(=O)CCN2CCc3sccc3[C@H]2c2ccccc2C)CC1. The maximum Gasteiger partial charge on any atom is 0.225 e. The van der Waals surface area contributed by atoms with Crippen LogP contribution >= 0.6 is 11.3 Å². The number of carbonyl (C=O) groups excluding carboxylic acids is 2. The van der Waals surface area contributed by atoms with Crippen molar-refractivity contribution in [3.8, 4) is 0 Å². The van der Waals surface area contributed by atoms with Crippen LogP contribution in [0, 0.1) is 12.8 Å². The maximum atomic E-state index is 13.3. The summed E-state index contributed by atoms with van der Waals surface area (Å²) in [4.78, 5) is 34.4. The van der Waals surface area contributed by atoms with Crippen LogP contribution < -0.4 is 0 Å². The quantitative estimate of drug-likeness (QED) is 0.437. The van der Waals surface area contributed by atoms with Gasteiger partial charge in [-0.15, -0.1) is 11.3 Å². The standard InChI is InChI=1S/C30H43N3O2S/c1-4-6-11-24(5-2)30(35)33-17-9-16-31(20-21-33)28(34)14-19-32-18-13-27-26(15-22-36-27)29(32)25-12-8-7-10-23(25)3/h7-8,10,12,15,22,24,29H,4-6,9,11,13-14,16-21H2,1-3H3/t24-,29+/m0/s1. The van der Waals surface area contributed by atoms with Crippen LogP contribution in [0.1, 0.15) is 80.0 Å². The number of nitrogens with zero attached hydrogens (tertiary/aromatic N) is 3. The summed E-state index contributed by atoms with van der Waals surface area (Å²) in [7, 11) is 0. The van der Waals surface area contributed by atoms with Gasteiger partial charge in [-0.1, -0.05) is 51.0 Å². The number of unbranched alkanes of at least 4 members (excludes halogenated alkanes) is 1. The minimum atomic E-state index is 0.131. The first-order valence-corrected chi connectivity index (χ1v) is 14.8. The Labute approximate surface area is 221 Å². The first-order chi connectivity index (χ1) is 17.5. The minimum Gasteiger partial charge on any atom is -0.341 e. The average molecular weight is 510 g/mol. The van der Waals surface area contributed by atoms with Gasteiger partial charge < -0.3 is 9.80 Å². The van der Waals surface area contributed by atoms with Gasteiger partial charge in [-0.05, 0) is 60.7 Å². The summed E-state index contributed by atoms with van der Waals surface area (Å²) < 4.78 is 0. The van der Waals surface area contributed by atoms with Crippen molar-refractivity contribution in [1.29, 1.82) is 0 Å². The van der Waals surface area contributed by atoms with Crippen LogP contribution in [0.3, 0.4) is 0 Å². The number of thiophene rings is 1. The topological polar surface area (TPSA) is 43.9 Å². The summed E-state index contributed by atoms with van der Waals surface area (Å²) >= 11 is 1.86. The van der Waals surface area contributed by atoms with E-state index in [1.165, 1.54) is 21.6 Å². The molecule has 0 radical (unpaired) electrons. The average Bonchev–Trinajstić information content (AvgIpc) is 3.23. The smallest absolute Gasteiger partial charge is 0.225 e. The van der Waals surface area contributed by atoms with Gasteiger partial charge in [0.1, 0.15) is 0 Å². The normalized spacial score (nSPS) is 19.6. The number of hydrogen-bond donors (Lipinski definition) is 0. The van der Waals surface area contributed by atoms with Crippen molar-refractivity contribution in [2.24, 2.45) is 5.92 Å². The lowest BCUT2D eigenvalue weighted by atomic mass is 9.90. The second-order valence-electron chi connectivity index (χ2n) is 10.4. The highest BCUT2D eigenvalue weighted by Gasteiger charge is 2.31. The molecule has 196 valence electrons. The van der Waals surface area contributed by atoms with Gasteiger partial charge in [0.15, 0.2) is 0 Å². The van der Waals surface area contributed by atoms with Gasteiger partial charge in [-0.3, -0.25) is 14.5 Å². The first-order valence-electron chi connectivity index (χ1n) is 14.0. The van der Waals surface area contributed by atoms with Crippen LogP contribution in [0.25, 0.3) is 0 Å². The highest BCUT2D eigenvalue weighted by molar-refractivity contribution is 7.10. The van der Waals surface area contributed by atoms with Crippen LogP contribution in [0.15, 0.2) is 35.7 Å². The molecule has 0 bridgehead atoms. The second kappa shape index (κ2) is 12.9. The summed E-state index contributed by atoms with van der Waals surface area (Å²) in [5, 5.41) is 2.21. The Kier molecular flexibility index (Phi) is 9.60. The zero-order valence-electron chi connectivity index (χ0n) is 22.4. The van der Waals surface area contributed by atoms with E-state index in [-0.39, 0.29) is 17.9 Å². The predicted molar refractivity (Wildman–Crippen MR) is 148 cm³/mol. The predicted octanol–water partition coefficient (Wildman–Crippen LogP) is 5.67. The molecule has 0 saturated carbocycles. The number of amides is 2. The van der Waals surface area contributed by atoms with E-state index in [1.807, 2.05) is 21.1 Å². The Balaban J connectivity index is 1.36. The third kappa shape index (κ3) is 6.20. The Morgan fingerprint density at radius 2 is 1.78 bits per heavy atom. The molecule has 4 rings (SSSR count). The van der Waals surface area contributed by atoms with Crippen LogP contribution in [-0.2, 0) is 16.0 Å². The fourth-order valence-electron chi connectivity index (χ4n) is 5.86. The number of aryl methyl sites for hydroxylation is 1. The zero-order valence-corrected chi connectivity index (χ0v) is 23.2. The van der Waals surface area contributed by atoms with E-state index in [9.17, 15) is 9.59 Å². The monoisotopic (exact) mass is 509 g/mol. The molecule has 2 amide bonds. The molecule has 2 atom stereocenters. The Morgan fingerprint density at radius 1 is 1.00 bits per heavy atom. The molecule has 2 aromatic rings. The lowest BCUT2D eigenvalue weighted by Gasteiger charge is -2.37. The summed E-state index contributed by atoms with van der Waals surface area (Å²) in [5.74, 6) is 0.648. The molecular formula is C30H43N3O2S. The first kappa shape index (κ1) is 26.9. The molecule has 0 unspecified atom stereocenters. The molecule has 1 fully saturated rings. The molecule has 1 aromatic heterocycles. The number of fused-ring (bicyclic) bond motifs is 1. The van der Waals surface area contributed by atoms with Gasteiger partial charge in [0, 0.05) is 56.5 Å². The zero-order chi connectivity index (χ0) is 25.5. The van der Waals surface area contributed by atoms with E-state index in [2.05, 4.69) is 61.4 Å². The summed E-state index contributed by atoms with van der Waals surface area (Å²) in [5.41, 5.74) is 4.06. The van der Waals surface area contributed by atoms with E-state index in [0.29, 0.717) is 25.4 Å². The van der Waals surface area contributed by atoms with Crippen molar-refractivity contribution in [2.75, 3.05) is 39.3 Å². The van der Waals surface area contributed by atoms with Gasteiger partial charge in [0.05, 0.1) is 6.04 Å². The van der Waals surface area contributed by atoms with Crippen molar-refractivity contribution >= 4 is 23.2 Å². The van der Waals surface area contributed by atoms with E-state index in [4.69, 9.17) is 0 Å². The largest absolute Gasteiger partial charge is 0.341 e. The Bertz CT molecular complexity index is 1020. The molecule has 2 aliphatic heterocycles. The molecule has 2 aliphatic rings. The molecule has 5 nitrogen and oxygen atoms in total. The van der Waals surface area contributed by atoms with Crippen molar-refractivity contribution in [3.63, 3.8) is 0 Å². The summed E-state index contributed by atoms with van der Waals surface area (Å²) in [6, 6.07) is 11.2. The van der Waals surface area contributed by atoms with Crippen LogP contribution in [0.2, 0.25) is 0 Å². The highest BCUT2D eigenvalue weighted by Crippen LogP contribution is 2.38. The number of rotatable bonds is 9. The molecule has 0 spiro atoms. The van der Waals surface area contributed by atoms with Gasteiger partial charge in [-0.25, -0.2) is 0 Å². The second-order valence-corrected chi connectivity index (χ2v) is 11.4. The Morgan fingerprint density at radius 3 is 2.56 bits per heavy atom. The molecule has 0 N–H and O–H groups in total. The fourth-order valence-corrected chi connectivity index (χ4v) is 6.77. The third-order valence-corrected chi connectivity index (χ3v) is 9.07. The summed E-state index contributed by atoms with van der Waals surface area (Å²) in [6.45, 7) is 11.1.